The SMILES string of the molecule is Cc1nc(C)c(-c2csc(C[C@H](C)n3cc(Cl)cn3)n2)o1. The minimum Gasteiger partial charge on any atom is -0.439 e. The van der Waals surface area contributed by atoms with Crippen LogP contribution in [-0.2, 0) is 6.42 Å². The van der Waals surface area contributed by atoms with Crippen molar-refractivity contribution >= 4 is 22.9 Å². The van der Waals surface area contributed by atoms with E-state index in [2.05, 4.69) is 22.0 Å². The van der Waals surface area contributed by atoms with Crippen LogP contribution in [0.1, 0.15) is 29.6 Å². The third-order valence-electron chi connectivity index (χ3n) is 3.18. The highest BCUT2D eigenvalue weighted by molar-refractivity contribution is 7.09. The Hall–Kier alpha value is -1.66. The molecule has 3 heterocycles. The Bertz CT molecular complexity index is 761. The van der Waals surface area contributed by atoms with E-state index in [9.17, 15) is 0 Å². The van der Waals surface area contributed by atoms with E-state index in [4.69, 9.17) is 16.0 Å². The van der Waals surface area contributed by atoms with Gasteiger partial charge in [-0.05, 0) is 13.8 Å². The van der Waals surface area contributed by atoms with Crippen LogP contribution in [0.3, 0.4) is 0 Å². The first kappa shape index (κ1) is 14.3. The Balaban J connectivity index is 1.77. The largest absolute Gasteiger partial charge is 0.439 e. The molecule has 5 nitrogen and oxygen atoms in total. The highest BCUT2D eigenvalue weighted by Gasteiger charge is 2.15. The van der Waals surface area contributed by atoms with E-state index < -0.39 is 0 Å². The summed E-state index contributed by atoms with van der Waals surface area (Å²) in [5.41, 5.74) is 1.72. The summed E-state index contributed by atoms with van der Waals surface area (Å²) in [6.45, 7) is 5.86. The normalized spacial score (nSPS) is 12.8. The van der Waals surface area contributed by atoms with Gasteiger partial charge in [0.2, 0.25) is 0 Å². The van der Waals surface area contributed by atoms with Gasteiger partial charge in [0, 0.05) is 24.9 Å². The Morgan fingerprint density at radius 1 is 1.38 bits per heavy atom. The topological polar surface area (TPSA) is 56.7 Å². The molecule has 0 saturated carbocycles. The van der Waals surface area contributed by atoms with Crippen LogP contribution in [-0.4, -0.2) is 19.7 Å². The molecule has 0 fully saturated rings. The fourth-order valence-corrected chi connectivity index (χ4v) is 3.22. The van der Waals surface area contributed by atoms with Crippen molar-refractivity contribution < 1.29 is 4.42 Å². The van der Waals surface area contributed by atoms with Gasteiger partial charge in [-0.3, -0.25) is 4.68 Å². The van der Waals surface area contributed by atoms with E-state index in [1.807, 2.05) is 30.1 Å². The predicted octanol–water partition coefficient (Wildman–Crippen LogP) is 4.07. The number of rotatable bonds is 4. The summed E-state index contributed by atoms with van der Waals surface area (Å²) in [6, 6.07) is 0.203. The van der Waals surface area contributed by atoms with Gasteiger partial charge in [-0.15, -0.1) is 11.3 Å². The van der Waals surface area contributed by atoms with Gasteiger partial charge in [0.05, 0.1) is 28.0 Å². The van der Waals surface area contributed by atoms with Crippen molar-refractivity contribution in [3.8, 4) is 11.5 Å². The van der Waals surface area contributed by atoms with Crippen LogP contribution < -0.4 is 0 Å². The first-order chi connectivity index (χ1) is 10.0. The zero-order valence-electron chi connectivity index (χ0n) is 12.0. The van der Waals surface area contributed by atoms with Crippen LogP contribution in [0.5, 0.6) is 0 Å². The molecule has 3 rings (SSSR count). The van der Waals surface area contributed by atoms with Crippen molar-refractivity contribution in [2.75, 3.05) is 0 Å². The fourth-order valence-electron chi connectivity index (χ4n) is 2.18. The monoisotopic (exact) mass is 322 g/mol. The number of halogens is 1. The molecule has 0 unspecified atom stereocenters. The second-order valence-corrected chi connectivity index (χ2v) is 6.34. The molecule has 0 aromatic carbocycles. The summed E-state index contributed by atoms with van der Waals surface area (Å²) in [6.07, 6.45) is 4.27. The van der Waals surface area contributed by atoms with Gasteiger partial charge in [-0.1, -0.05) is 11.6 Å². The van der Waals surface area contributed by atoms with Crippen LogP contribution in [0, 0.1) is 13.8 Å². The van der Waals surface area contributed by atoms with E-state index in [-0.39, 0.29) is 6.04 Å². The molecule has 0 saturated heterocycles. The molecule has 0 spiro atoms. The Kier molecular flexibility index (Phi) is 3.82. The summed E-state index contributed by atoms with van der Waals surface area (Å²) in [7, 11) is 0. The average Bonchev–Trinajstić information content (AvgIpc) is 3.10. The lowest BCUT2D eigenvalue weighted by Gasteiger charge is -2.09. The minimum absolute atomic E-state index is 0.203. The maximum atomic E-state index is 5.90. The maximum absolute atomic E-state index is 5.90. The smallest absolute Gasteiger partial charge is 0.192 e. The molecular formula is C14H15ClN4OS. The number of hydrogen-bond donors (Lipinski definition) is 0. The van der Waals surface area contributed by atoms with Crippen molar-refractivity contribution in [1.29, 1.82) is 0 Å². The summed E-state index contributed by atoms with van der Waals surface area (Å²) >= 11 is 7.51. The van der Waals surface area contributed by atoms with Crippen molar-refractivity contribution in [3.63, 3.8) is 0 Å². The molecule has 110 valence electrons. The molecule has 0 aliphatic rings. The molecule has 3 aromatic heterocycles. The van der Waals surface area contributed by atoms with Crippen molar-refractivity contribution in [2.45, 2.75) is 33.2 Å². The van der Waals surface area contributed by atoms with Crippen LogP contribution >= 0.6 is 22.9 Å². The molecule has 3 aromatic rings. The maximum Gasteiger partial charge on any atom is 0.192 e. The minimum atomic E-state index is 0.203. The van der Waals surface area contributed by atoms with Gasteiger partial charge >= 0.3 is 0 Å². The molecule has 1 atom stereocenters. The number of thiazole rings is 1. The number of nitrogens with zero attached hydrogens (tertiary/aromatic N) is 4. The standard InChI is InChI=1S/C14H15ClN4OS/c1-8(19-6-11(15)5-16-19)4-13-18-12(7-21-13)14-9(2)17-10(3)20-14/h5-8H,4H2,1-3H3/t8-/m0/s1. The van der Waals surface area contributed by atoms with Crippen molar-refractivity contribution in [3.05, 3.63) is 39.4 Å². The summed E-state index contributed by atoms with van der Waals surface area (Å²) in [5, 5.41) is 7.92. The zero-order valence-corrected chi connectivity index (χ0v) is 13.6. The van der Waals surface area contributed by atoms with Gasteiger partial charge in [-0.2, -0.15) is 5.10 Å². The second kappa shape index (κ2) is 5.61. The quantitative estimate of drug-likeness (QED) is 0.726. The van der Waals surface area contributed by atoms with Crippen molar-refractivity contribution in [2.24, 2.45) is 0 Å². The molecule has 0 bridgehead atoms. The lowest BCUT2D eigenvalue weighted by Crippen LogP contribution is -2.08. The molecular weight excluding hydrogens is 308 g/mol. The highest BCUT2D eigenvalue weighted by atomic mass is 35.5. The lowest BCUT2D eigenvalue weighted by atomic mass is 10.2. The second-order valence-electron chi connectivity index (χ2n) is 4.97. The highest BCUT2D eigenvalue weighted by Crippen LogP contribution is 2.27. The molecule has 0 N–H and O–H groups in total. The molecule has 0 aliphatic carbocycles. The Morgan fingerprint density at radius 3 is 2.81 bits per heavy atom. The zero-order chi connectivity index (χ0) is 15.0. The third kappa shape index (κ3) is 3.01. The number of hydrogen-bond acceptors (Lipinski definition) is 5. The van der Waals surface area contributed by atoms with Crippen LogP contribution in [0.2, 0.25) is 5.02 Å². The molecule has 0 radical (unpaired) electrons. The summed E-state index contributed by atoms with van der Waals surface area (Å²) < 4.78 is 7.46. The number of aryl methyl sites for hydroxylation is 2. The van der Waals surface area contributed by atoms with E-state index in [0.717, 1.165) is 28.6 Å². The van der Waals surface area contributed by atoms with Gasteiger partial charge in [0.15, 0.2) is 11.7 Å². The molecule has 0 amide bonds. The first-order valence-corrected chi connectivity index (χ1v) is 7.87. The lowest BCUT2D eigenvalue weighted by molar-refractivity contribution is 0.487. The Labute approximate surface area is 131 Å². The number of oxazole rings is 1. The van der Waals surface area contributed by atoms with Crippen LogP contribution in [0.15, 0.2) is 22.2 Å². The van der Waals surface area contributed by atoms with E-state index in [0.29, 0.717) is 10.9 Å². The molecule has 7 heteroatoms. The average molecular weight is 323 g/mol. The first-order valence-electron chi connectivity index (χ1n) is 6.61. The van der Waals surface area contributed by atoms with Gasteiger partial charge < -0.3 is 4.42 Å². The fraction of sp³-hybridized carbons (Fsp3) is 0.357. The Morgan fingerprint density at radius 2 is 2.19 bits per heavy atom. The molecule has 0 aliphatic heterocycles. The van der Waals surface area contributed by atoms with Crippen LogP contribution in [0.25, 0.3) is 11.5 Å². The van der Waals surface area contributed by atoms with E-state index in [1.54, 1.807) is 17.5 Å². The van der Waals surface area contributed by atoms with Gasteiger partial charge in [-0.25, -0.2) is 9.97 Å². The van der Waals surface area contributed by atoms with Crippen molar-refractivity contribution in [1.82, 2.24) is 19.7 Å². The number of aromatic nitrogens is 4. The van der Waals surface area contributed by atoms with E-state index >= 15 is 0 Å². The van der Waals surface area contributed by atoms with Gasteiger partial charge in [0.1, 0.15) is 5.69 Å². The van der Waals surface area contributed by atoms with Crippen LogP contribution in [0.4, 0.5) is 0 Å². The van der Waals surface area contributed by atoms with Gasteiger partial charge in [0.25, 0.3) is 0 Å². The summed E-state index contributed by atoms with van der Waals surface area (Å²) in [4.78, 5) is 8.91. The van der Waals surface area contributed by atoms with E-state index in [1.165, 1.54) is 0 Å². The third-order valence-corrected chi connectivity index (χ3v) is 4.25. The molecule has 21 heavy (non-hydrogen) atoms. The summed E-state index contributed by atoms with van der Waals surface area (Å²) in [5.74, 6) is 1.42. The predicted molar refractivity (Wildman–Crippen MR) is 82.7 cm³/mol.